The maximum absolute atomic E-state index is 11.7. The second-order valence-corrected chi connectivity index (χ2v) is 7.34. The number of aromatic nitrogens is 2. The zero-order valence-electron chi connectivity index (χ0n) is 11.6. The Bertz CT molecular complexity index is 749. The summed E-state index contributed by atoms with van der Waals surface area (Å²) >= 11 is 0. The highest BCUT2D eigenvalue weighted by molar-refractivity contribution is 7.91. The average Bonchev–Trinajstić information content (AvgIpc) is 3.16. The third-order valence-corrected chi connectivity index (χ3v) is 5.17. The van der Waals surface area contributed by atoms with Crippen molar-refractivity contribution in [2.24, 2.45) is 5.92 Å². The van der Waals surface area contributed by atoms with E-state index in [9.17, 15) is 13.2 Å². The van der Waals surface area contributed by atoms with Crippen molar-refractivity contribution in [1.29, 1.82) is 0 Å². The number of esters is 1. The zero-order chi connectivity index (χ0) is 15.6. The van der Waals surface area contributed by atoms with E-state index in [1.54, 1.807) is 12.1 Å². The topological polar surface area (TPSA) is 112 Å². The number of ether oxygens (including phenoxy) is 1. The average molecular weight is 326 g/mol. The van der Waals surface area contributed by atoms with E-state index in [1.807, 2.05) is 0 Å². The van der Waals surface area contributed by atoms with Gasteiger partial charge in [-0.25, -0.2) is 8.42 Å². The zero-order valence-corrected chi connectivity index (χ0v) is 12.4. The van der Waals surface area contributed by atoms with Crippen LogP contribution in [0.3, 0.4) is 0 Å². The van der Waals surface area contributed by atoms with Crippen LogP contribution < -0.4 is 0 Å². The first-order valence-electron chi connectivity index (χ1n) is 6.74. The van der Waals surface area contributed by atoms with E-state index in [4.69, 9.17) is 13.6 Å². The Morgan fingerprint density at radius 1 is 1.41 bits per heavy atom. The van der Waals surface area contributed by atoms with Gasteiger partial charge in [-0.2, -0.15) is 0 Å². The van der Waals surface area contributed by atoms with E-state index >= 15 is 0 Å². The summed E-state index contributed by atoms with van der Waals surface area (Å²) in [5, 5.41) is 7.53. The summed E-state index contributed by atoms with van der Waals surface area (Å²) < 4.78 is 38.1. The number of sulfone groups is 1. The Labute approximate surface area is 126 Å². The van der Waals surface area contributed by atoms with Crippen LogP contribution in [0.15, 0.2) is 27.2 Å². The molecule has 0 aliphatic carbocycles. The third kappa shape index (κ3) is 3.53. The van der Waals surface area contributed by atoms with Gasteiger partial charge < -0.3 is 13.6 Å². The third-order valence-electron chi connectivity index (χ3n) is 3.34. The van der Waals surface area contributed by atoms with Crippen molar-refractivity contribution in [3.8, 4) is 11.7 Å². The van der Waals surface area contributed by atoms with Gasteiger partial charge in [0.1, 0.15) is 0 Å². The molecule has 0 spiro atoms. The van der Waals surface area contributed by atoms with E-state index in [0.717, 1.165) is 0 Å². The molecule has 0 amide bonds. The first-order valence-corrected chi connectivity index (χ1v) is 8.56. The molecule has 1 saturated heterocycles. The predicted molar refractivity (Wildman–Crippen MR) is 73.2 cm³/mol. The Morgan fingerprint density at radius 3 is 2.95 bits per heavy atom. The molecule has 0 aromatic carbocycles. The van der Waals surface area contributed by atoms with Crippen molar-refractivity contribution in [1.82, 2.24) is 10.2 Å². The van der Waals surface area contributed by atoms with Crippen molar-refractivity contribution in [2.45, 2.75) is 19.4 Å². The summed E-state index contributed by atoms with van der Waals surface area (Å²) in [7, 11) is -2.99. The molecule has 1 atom stereocenters. The highest BCUT2D eigenvalue weighted by Gasteiger charge is 2.30. The molecular weight excluding hydrogens is 312 g/mol. The summed E-state index contributed by atoms with van der Waals surface area (Å²) in [5.74, 6) is 0.337. The van der Waals surface area contributed by atoms with Crippen molar-refractivity contribution in [3.05, 3.63) is 24.3 Å². The normalized spacial score (nSPS) is 20.1. The summed E-state index contributed by atoms with van der Waals surface area (Å²) in [4.78, 5) is 11.7. The minimum atomic E-state index is -2.99. The molecule has 118 valence electrons. The van der Waals surface area contributed by atoms with Gasteiger partial charge in [-0.05, 0) is 24.5 Å². The van der Waals surface area contributed by atoms with Crippen molar-refractivity contribution >= 4 is 15.8 Å². The molecule has 1 fully saturated rings. The quantitative estimate of drug-likeness (QED) is 0.753. The van der Waals surface area contributed by atoms with E-state index in [1.165, 1.54) is 6.26 Å². The van der Waals surface area contributed by atoms with Crippen LogP contribution in [-0.4, -0.2) is 36.1 Å². The maximum atomic E-state index is 11.7. The molecule has 0 radical (unpaired) electrons. The number of carbonyl (C=O) groups is 1. The monoisotopic (exact) mass is 326 g/mol. The van der Waals surface area contributed by atoms with Crippen LogP contribution in [0.2, 0.25) is 0 Å². The lowest BCUT2D eigenvalue weighted by Crippen LogP contribution is -2.13. The fourth-order valence-corrected chi connectivity index (χ4v) is 4.14. The van der Waals surface area contributed by atoms with Gasteiger partial charge in [0, 0.05) is 6.42 Å². The highest BCUT2D eigenvalue weighted by Crippen LogP contribution is 2.22. The van der Waals surface area contributed by atoms with Gasteiger partial charge in [0.05, 0.1) is 17.8 Å². The molecular formula is C13H14N2O6S. The van der Waals surface area contributed by atoms with E-state index in [2.05, 4.69) is 10.2 Å². The van der Waals surface area contributed by atoms with Crippen LogP contribution in [0, 0.1) is 5.92 Å². The molecule has 3 rings (SSSR count). The Morgan fingerprint density at radius 2 is 2.27 bits per heavy atom. The standard InChI is InChI=1S/C13H14N2O6S/c16-12(6-9-3-5-22(17,18)8-9)20-7-11-14-15-13(21-11)10-2-1-4-19-10/h1-2,4,9H,3,5-8H2/t9-/m0/s1. The molecule has 3 heterocycles. The van der Waals surface area contributed by atoms with Crippen LogP contribution in [0.1, 0.15) is 18.7 Å². The van der Waals surface area contributed by atoms with E-state index < -0.39 is 15.8 Å². The van der Waals surface area contributed by atoms with Crippen molar-refractivity contribution in [2.75, 3.05) is 11.5 Å². The lowest BCUT2D eigenvalue weighted by Gasteiger charge is -2.06. The molecule has 22 heavy (non-hydrogen) atoms. The van der Waals surface area contributed by atoms with E-state index in [-0.39, 0.29) is 42.2 Å². The van der Waals surface area contributed by atoms with Gasteiger partial charge in [-0.3, -0.25) is 4.79 Å². The maximum Gasteiger partial charge on any atom is 0.306 e. The molecule has 1 aliphatic heterocycles. The fourth-order valence-electron chi connectivity index (χ4n) is 2.28. The smallest absolute Gasteiger partial charge is 0.306 e. The van der Waals surface area contributed by atoms with Gasteiger partial charge in [-0.15, -0.1) is 10.2 Å². The summed E-state index contributed by atoms with van der Waals surface area (Å²) in [5.41, 5.74) is 0. The van der Waals surface area contributed by atoms with Crippen LogP contribution in [0.5, 0.6) is 0 Å². The second kappa shape index (κ2) is 5.91. The highest BCUT2D eigenvalue weighted by atomic mass is 32.2. The molecule has 2 aromatic rings. The first-order chi connectivity index (χ1) is 10.5. The number of hydrogen-bond acceptors (Lipinski definition) is 8. The number of furan rings is 1. The number of carbonyl (C=O) groups excluding carboxylic acids is 1. The van der Waals surface area contributed by atoms with Gasteiger partial charge in [0.2, 0.25) is 0 Å². The molecule has 0 saturated carbocycles. The summed E-state index contributed by atoms with van der Waals surface area (Å²) in [6.07, 6.45) is 2.06. The number of rotatable bonds is 5. The minimum Gasteiger partial charge on any atom is -0.459 e. The summed E-state index contributed by atoms with van der Waals surface area (Å²) in [6, 6.07) is 3.36. The van der Waals surface area contributed by atoms with Gasteiger partial charge in [0.25, 0.3) is 11.8 Å². The van der Waals surface area contributed by atoms with Gasteiger partial charge in [-0.1, -0.05) is 0 Å². The summed E-state index contributed by atoms with van der Waals surface area (Å²) in [6.45, 7) is -0.147. The van der Waals surface area contributed by atoms with Crippen LogP contribution >= 0.6 is 0 Å². The number of hydrogen-bond donors (Lipinski definition) is 0. The predicted octanol–water partition coefficient (Wildman–Crippen LogP) is 1.20. The van der Waals surface area contributed by atoms with Crippen LogP contribution in [-0.2, 0) is 26.0 Å². The Balaban J connectivity index is 1.49. The minimum absolute atomic E-state index is 0.0469. The molecule has 0 bridgehead atoms. The Kier molecular flexibility index (Phi) is 3.97. The van der Waals surface area contributed by atoms with Crippen molar-refractivity contribution in [3.63, 3.8) is 0 Å². The molecule has 8 nitrogen and oxygen atoms in total. The molecule has 0 N–H and O–H groups in total. The van der Waals surface area contributed by atoms with Crippen LogP contribution in [0.4, 0.5) is 0 Å². The van der Waals surface area contributed by atoms with E-state index in [0.29, 0.717) is 12.2 Å². The SMILES string of the molecule is O=C(C[C@@H]1CCS(=O)(=O)C1)OCc1nnc(-c2ccco2)o1. The number of nitrogens with zero attached hydrogens (tertiary/aromatic N) is 2. The Hall–Kier alpha value is -2.16. The molecule has 1 aliphatic rings. The molecule has 9 heteroatoms. The van der Waals surface area contributed by atoms with Gasteiger partial charge in [0.15, 0.2) is 22.2 Å². The first kappa shape index (κ1) is 14.8. The fraction of sp³-hybridized carbons (Fsp3) is 0.462. The van der Waals surface area contributed by atoms with Crippen LogP contribution in [0.25, 0.3) is 11.7 Å². The molecule has 0 unspecified atom stereocenters. The second-order valence-electron chi connectivity index (χ2n) is 5.11. The van der Waals surface area contributed by atoms with Crippen molar-refractivity contribution < 1.29 is 26.8 Å². The van der Waals surface area contributed by atoms with Gasteiger partial charge >= 0.3 is 5.97 Å². The molecule has 2 aromatic heterocycles. The largest absolute Gasteiger partial charge is 0.459 e. The lowest BCUT2D eigenvalue weighted by atomic mass is 10.1. The lowest BCUT2D eigenvalue weighted by molar-refractivity contribution is -0.146.